The molecule has 20 heavy (non-hydrogen) atoms. The Balaban J connectivity index is 2.39. The van der Waals surface area contributed by atoms with Gasteiger partial charge in [0.25, 0.3) is 0 Å². The molecule has 0 bridgehead atoms. The van der Waals surface area contributed by atoms with Crippen LogP contribution in [0.4, 0.5) is 5.00 Å². The van der Waals surface area contributed by atoms with Gasteiger partial charge in [0.2, 0.25) is 0 Å². The van der Waals surface area contributed by atoms with Crippen LogP contribution in [0.5, 0.6) is 0 Å². The van der Waals surface area contributed by atoms with Gasteiger partial charge in [0.15, 0.2) is 0 Å². The van der Waals surface area contributed by atoms with Crippen LogP contribution in [0.2, 0.25) is 0 Å². The zero-order valence-corrected chi connectivity index (χ0v) is 13.4. The van der Waals surface area contributed by atoms with Crippen molar-refractivity contribution in [3.05, 3.63) is 11.3 Å². The van der Waals surface area contributed by atoms with Gasteiger partial charge in [-0.2, -0.15) is 4.37 Å². The maximum Gasteiger partial charge on any atom is 0.343 e. The Morgan fingerprint density at radius 3 is 2.80 bits per heavy atom. The number of hydrogen-bond donors (Lipinski definition) is 1. The number of ether oxygens (including phenoxy) is 2. The van der Waals surface area contributed by atoms with E-state index in [0.29, 0.717) is 37.6 Å². The number of anilines is 1. The van der Waals surface area contributed by atoms with Gasteiger partial charge in [-0.3, -0.25) is 0 Å². The van der Waals surface area contributed by atoms with Crippen LogP contribution in [-0.4, -0.2) is 62.2 Å². The summed E-state index contributed by atoms with van der Waals surface area (Å²) in [5.74, 6) is -0.324. The lowest BCUT2D eigenvalue weighted by molar-refractivity contribution is 0.0526. The molecule has 0 amide bonds. The molecule has 1 aromatic rings. The highest BCUT2D eigenvalue weighted by atomic mass is 32.1. The molecule has 0 unspecified atom stereocenters. The van der Waals surface area contributed by atoms with Gasteiger partial charge in [-0.1, -0.05) is 0 Å². The SMILES string of the molecule is CCOC(=O)c1c(C)nsc1NCCOCCN(C)C. The van der Waals surface area contributed by atoms with E-state index in [2.05, 4.69) is 14.6 Å². The second-order valence-corrected chi connectivity index (χ2v) is 5.31. The first-order chi connectivity index (χ1) is 9.56. The fraction of sp³-hybridized carbons (Fsp3) is 0.692. The molecule has 1 N–H and O–H groups in total. The third-order valence-electron chi connectivity index (χ3n) is 2.56. The molecule has 0 aliphatic rings. The molecular formula is C13H23N3O3S. The van der Waals surface area contributed by atoms with E-state index in [9.17, 15) is 4.79 Å². The standard InChI is InChI=1S/C13H23N3O3S/c1-5-19-13(17)11-10(2)15-20-12(11)14-6-8-18-9-7-16(3)4/h14H,5-9H2,1-4H3. The van der Waals surface area contributed by atoms with Gasteiger partial charge in [0.1, 0.15) is 10.6 Å². The van der Waals surface area contributed by atoms with Crippen LogP contribution < -0.4 is 5.32 Å². The molecule has 0 saturated carbocycles. The smallest absolute Gasteiger partial charge is 0.343 e. The average molecular weight is 301 g/mol. The largest absolute Gasteiger partial charge is 0.462 e. The Morgan fingerprint density at radius 2 is 2.15 bits per heavy atom. The molecule has 0 spiro atoms. The van der Waals surface area contributed by atoms with Crippen molar-refractivity contribution in [2.45, 2.75) is 13.8 Å². The lowest BCUT2D eigenvalue weighted by Gasteiger charge is -2.10. The highest BCUT2D eigenvalue weighted by Gasteiger charge is 2.19. The minimum Gasteiger partial charge on any atom is -0.462 e. The number of aryl methyl sites for hydroxylation is 1. The molecule has 0 radical (unpaired) electrons. The third kappa shape index (κ3) is 5.44. The Bertz CT molecular complexity index is 421. The Kier molecular flexibility index (Phi) is 7.50. The van der Waals surface area contributed by atoms with E-state index in [0.717, 1.165) is 11.5 Å². The lowest BCUT2D eigenvalue weighted by atomic mass is 10.2. The summed E-state index contributed by atoms with van der Waals surface area (Å²) >= 11 is 1.27. The number of rotatable bonds is 9. The van der Waals surface area contributed by atoms with Crippen molar-refractivity contribution in [1.29, 1.82) is 0 Å². The van der Waals surface area contributed by atoms with Crippen molar-refractivity contribution < 1.29 is 14.3 Å². The minimum atomic E-state index is -0.324. The van der Waals surface area contributed by atoms with E-state index < -0.39 is 0 Å². The van der Waals surface area contributed by atoms with E-state index in [1.54, 1.807) is 6.92 Å². The fourth-order valence-corrected chi connectivity index (χ4v) is 2.33. The van der Waals surface area contributed by atoms with Crippen molar-refractivity contribution in [2.75, 3.05) is 52.3 Å². The topological polar surface area (TPSA) is 63.7 Å². The average Bonchev–Trinajstić information content (AvgIpc) is 2.75. The number of esters is 1. The number of aromatic nitrogens is 1. The second kappa shape index (κ2) is 8.89. The molecule has 114 valence electrons. The van der Waals surface area contributed by atoms with Crippen molar-refractivity contribution in [1.82, 2.24) is 9.27 Å². The van der Waals surface area contributed by atoms with Gasteiger partial charge >= 0.3 is 5.97 Å². The zero-order chi connectivity index (χ0) is 15.0. The van der Waals surface area contributed by atoms with E-state index >= 15 is 0 Å². The number of likely N-dealkylation sites (N-methyl/N-ethyl adjacent to an activating group) is 1. The van der Waals surface area contributed by atoms with Crippen LogP contribution in [0.25, 0.3) is 0 Å². The van der Waals surface area contributed by atoms with Crippen LogP contribution >= 0.6 is 11.5 Å². The zero-order valence-electron chi connectivity index (χ0n) is 12.6. The van der Waals surface area contributed by atoms with Gasteiger partial charge in [-0.25, -0.2) is 4.79 Å². The summed E-state index contributed by atoms with van der Waals surface area (Å²) in [6, 6.07) is 0. The molecule has 1 rings (SSSR count). The van der Waals surface area contributed by atoms with Gasteiger partial charge in [-0.15, -0.1) is 0 Å². The van der Waals surface area contributed by atoms with Crippen molar-refractivity contribution in [3.8, 4) is 0 Å². The molecule has 0 saturated heterocycles. The molecule has 6 nitrogen and oxygen atoms in total. The first-order valence-electron chi connectivity index (χ1n) is 6.66. The van der Waals surface area contributed by atoms with Crippen molar-refractivity contribution in [2.24, 2.45) is 0 Å². The summed E-state index contributed by atoms with van der Waals surface area (Å²) in [6.45, 7) is 6.78. The van der Waals surface area contributed by atoms with Crippen LogP contribution in [0.1, 0.15) is 23.0 Å². The predicted molar refractivity (Wildman–Crippen MR) is 80.7 cm³/mol. The maximum absolute atomic E-state index is 11.8. The molecule has 0 atom stereocenters. The van der Waals surface area contributed by atoms with E-state index in [4.69, 9.17) is 9.47 Å². The van der Waals surface area contributed by atoms with E-state index in [-0.39, 0.29) is 5.97 Å². The summed E-state index contributed by atoms with van der Waals surface area (Å²) in [5.41, 5.74) is 1.23. The van der Waals surface area contributed by atoms with Crippen molar-refractivity contribution in [3.63, 3.8) is 0 Å². The first kappa shape index (κ1) is 16.9. The number of nitrogens with one attached hydrogen (secondary N) is 1. The van der Waals surface area contributed by atoms with Crippen molar-refractivity contribution >= 4 is 22.5 Å². The predicted octanol–water partition coefficient (Wildman–Crippen LogP) is 1.62. The second-order valence-electron chi connectivity index (χ2n) is 4.54. The Hall–Kier alpha value is -1.18. The molecule has 0 fully saturated rings. The third-order valence-corrected chi connectivity index (χ3v) is 3.45. The lowest BCUT2D eigenvalue weighted by Crippen LogP contribution is -2.20. The Labute approximate surface area is 124 Å². The Morgan fingerprint density at radius 1 is 1.40 bits per heavy atom. The first-order valence-corrected chi connectivity index (χ1v) is 7.43. The summed E-state index contributed by atoms with van der Waals surface area (Å²) in [5, 5.41) is 3.93. The van der Waals surface area contributed by atoms with Gasteiger partial charge in [0.05, 0.1) is 25.5 Å². The number of nitrogens with zero attached hydrogens (tertiary/aromatic N) is 2. The fourth-order valence-electron chi connectivity index (χ4n) is 1.52. The quantitative estimate of drug-likeness (QED) is 0.552. The molecular weight excluding hydrogens is 278 g/mol. The summed E-state index contributed by atoms with van der Waals surface area (Å²) in [7, 11) is 4.01. The molecule has 0 aliphatic carbocycles. The van der Waals surface area contributed by atoms with Crippen LogP contribution in [0.3, 0.4) is 0 Å². The molecule has 0 aromatic carbocycles. The van der Waals surface area contributed by atoms with Gasteiger partial charge < -0.3 is 19.7 Å². The van der Waals surface area contributed by atoms with Crippen LogP contribution in [-0.2, 0) is 9.47 Å². The number of carbonyl (C=O) groups excluding carboxylic acids is 1. The molecule has 1 heterocycles. The van der Waals surface area contributed by atoms with Crippen LogP contribution in [0.15, 0.2) is 0 Å². The summed E-state index contributed by atoms with van der Waals surface area (Å²) in [4.78, 5) is 13.9. The highest BCUT2D eigenvalue weighted by Crippen LogP contribution is 2.25. The summed E-state index contributed by atoms with van der Waals surface area (Å²) in [6.07, 6.45) is 0. The molecule has 1 aromatic heterocycles. The molecule has 7 heteroatoms. The monoisotopic (exact) mass is 301 g/mol. The number of hydrogen-bond acceptors (Lipinski definition) is 7. The van der Waals surface area contributed by atoms with E-state index in [1.807, 2.05) is 21.0 Å². The normalized spacial score (nSPS) is 10.8. The van der Waals surface area contributed by atoms with E-state index in [1.165, 1.54) is 11.5 Å². The molecule has 0 aliphatic heterocycles. The van der Waals surface area contributed by atoms with Gasteiger partial charge in [-0.05, 0) is 39.5 Å². The summed E-state index contributed by atoms with van der Waals surface area (Å²) < 4.78 is 14.7. The van der Waals surface area contributed by atoms with Gasteiger partial charge in [0, 0.05) is 13.1 Å². The maximum atomic E-state index is 11.8. The highest BCUT2D eigenvalue weighted by molar-refractivity contribution is 7.10. The van der Waals surface area contributed by atoms with Crippen LogP contribution in [0, 0.1) is 6.92 Å². The number of carbonyl (C=O) groups is 1. The minimum absolute atomic E-state index is 0.324.